The van der Waals surface area contributed by atoms with Crippen molar-refractivity contribution in [1.29, 1.82) is 0 Å². The maximum absolute atomic E-state index is 5.60. The van der Waals surface area contributed by atoms with Crippen molar-refractivity contribution in [3.05, 3.63) is 6.92 Å². The van der Waals surface area contributed by atoms with Crippen molar-refractivity contribution in [2.45, 2.75) is 24.7 Å². The lowest BCUT2D eigenvalue weighted by atomic mass is 10.2. The topological polar surface area (TPSA) is 27.7 Å². The van der Waals surface area contributed by atoms with Gasteiger partial charge >= 0.3 is 0 Å². The molecule has 2 aliphatic rings. The molecular formula is C8H12O3. The average molecular weight is 156 g/mol. The molecule has 1 atom stereocenters. The highest BCUT2D eigenvalue weighted by Gasteiger charge is 2.47. The van der Waals surface area contributed by atoms with Gasteiger partial charge in [-0.2, -0.15) is 0 Å². The summed E-state index contributed by atoms with van der Waals surface area (Å²) in [6.07, 6.45) is 1.72. The Kier molecular flexibility index (Phi) is 1.87. The van der Waals surface area contributed by atoms with E-state index in [0.717, 1.165) is 6.42 Å². The molecule has 62 valence electrons. The van der Waals surface area contributed by atoms with Gasteiger partial charge in [-0.15, -0.1) is 0 Å². The van der Waals surface area contributed by atoms with Crippen LogP contribution in [0.25, 0.3) is 0 Å². The van der Waals surface area contributed by atoms with E-state index >= 15 is 0 Å². The van der Waals surface area contributed by atoms with Crippen molar-refractivity contribution in [2.24, 2.45) is 0 Å². The molecule has 0 amide bonds. The fraction of sp³-hybridized carbons (Fsp3) is 0.875. The summed E-state index contributed by atoms with van der Waals surface area (Å²) in [5.74, 6) is -0.389. The molecule has 2 heterocycles. The first kappa shape index (κ1) is 7.53. The van der Waals surface area contributed by atoms with E-state index in [-0.39, 0.29) is 11.9 Å². The molecule has 2 fully saturated rings. The normalized spacial score (nSPS) is 34.1. The Bertz CT molecular complexity index is 142. The third kappa shape index (κ3) is 1.28. The quantitative estimate of drug-likeness (QED) is 0.586. The third-order valence-electron chi connectivity index (χ3n) is 2.05. The van der Waals surface area contributed by atoms with E-state index in [0.29, 0.717) is 26.2 Å². The van der Waals surface area contributed by atoms with Gasteiger partial charge in [0.2, 0.25) is 5.79 Å². The largest absolute Gasteiger partial charge is 0.370 e. The van der Waals surface area contributed by atoms with Gasteiger partial charge in [-0.25, -0.2) is 0 Å². The molecule has 2 radical (unpaired) electrons. The van der Waals surface area contributed by atoms with E-state index in [1.54, 1.807) is 0 Å². The Morgan fingerprint density at radius 1 is 1.45 bits per heavy atom. The Morgan fingerprint density at radius 2 is 2.27 bits per heavy atom. The fourth-order valence-electron chi connectivity index (χ4n) is 1.36. The summed E-state index contributed by atoms with van der Waals surface area (Å²) in [6, 6.07) is 0. The van der Waals surface area contributed by atoms with Gasteiger partial charge < -0.3 is 14.2 Å². The van der Waals surface area contributed by atoms with Gasteiger partial charge in [0.15, 0.2) is 0 Å². The lowest BCUT2D eigenvalue weighted by Gasteiger charge is -2.35. The Labute approximate surface area is 66.6 Å². The predicted molar refractivity (Wildman–Crippen MR) is 37.9 cm³/mol. The SMILES string of the molecule is [CH]CCC1COC2(COC2)O1. The Hall–Kier alpha value is -0.120. The molecule has 2 saturated heterocycles. The van der Waals surface area contributed by atoms with Crippen molar-refractivity contribution in [1.82, 2.24) is 0 Å². The van der Waals surface area contributed by atoms with Gasteiger partial charge in [0.25, 0.3) is 0 Å². The molecule has 0 aromatic rings. The van der Waals surface area contributed by atoms with Crippen molar-refractivity contribution < 1.29 is 14.2 Å². The van der Waals surface area contributed by atoms with Gasteiger partial charge in [0.1, 0.15) is 13.2 Å². The maximum Gasteiger partial charge on any atom is 0.216 e. The second-order valence-electron chi connectivity index (χ2n) is 3.03. The zero-order valence-corrected chi connectivity index (χ0v) is 6.41. The van der Waals surface area contributed by atoms with E-state index in [9.17, 15) is 0 Å². The van der Waals surface area contributed by atoms with Crippen LogP contribution < -0.4 is 0 Å². The molecule has 2 rings (SSSR count). The molecule has 1 spiro atoms. The third-order valence-corrected chi connectivity index (χ3v) is 2.05. The lowest BCUT2D eigenvalue weighted by Crippen LogP contribution is -2.50. The molecule has 0 aromatic carbocycles. The number of hydrogen-bond acceptors (Lipinski definition) is 3. The lowest BCUT2D eigenvalue weighted by molar-refractivity contribution is -0.298. The first-order chi connectivity index (χ1) is 5.35. The van der Waals surface area contributed by atoms with Crippen molar-refractivity contribution >= 4 is 0 Å². The number of hydrogen-bond donors (Lipinski definition) is 0. The Balaban J connectivity index is 1.83. The van der Waals surface area contributed by atoms with E-state index in [1.165, 1.54) is 0 Å². The zero-order chi connectivity index (χ0) is 7.73. The Morgan fingerprint density at radius 3 is 2.73 bits per heavy atom. The van der Waals surface area contributed by atoms with Gasteiger partial charge in [0.05, 0.1) is 12.7 Å². The molecular weight excluding hydrogens is 144 g/mol. The summed E-state index contributed by atoms with van der Waals surface area (Å²) in [7, 11) is 0. The highest BCUT2D eigenvalue weighted by molar-refractivity contribution is 4.84. The first-order valence-electron chi connectivity index (χ1n) is 3.94. The van der Waals surface area contributed by atoms with Gasteiger partial charge in [-0.05, 0) is 19.8 Å². The summed E-state index contributed by atoms with van der Waals surface area (Å²) >= 11 is 0. The average Bonchev–Trinajstić information content (AvgIpc) is 2.32. The van der Waals surface area contributed by atoms with E-state index in [4.69, 9.17) is 21.1 Å². The van der Waals surface area contributed by atoms with Crippen LogP contribution >= 0.6 is 0 Å². The molecule has 3 nitrogen and oxygen atoms in total. The van der Waals surface area contributed by atoms with Crippen LogP contribution in [0.1, 0.15) is 12.8 Å². The van der Waals surface area contributed by atoms with E-state index in [2.05, 4.69) is 0 Å². The summed E-state index contributed by atoms with van der Waals surface area (Å²) in [4.78, 5) is 0. The summed E-state index contributed by atoms with van der Waals surface area (Å²) < 4.78 is 16.0. The van der Waals surface area contributed by atoms with Crippen LogP contribution in [0.4, 0.5) is 0 Å². The van der Waals surface area contributed by atoms with Gasteiger partial charge in [-0.1, -0.05) is 0 Å². The minimum absolute atomic E-state index is 0.184. The van der Waals surface area contributed by atoms with Crippen molar-refractivity contribution in [3.8, 4) is 0 Å². The van der Waals surface area contributed by atoms with Crippen molar-refractivity contribution in [2.75, 3.05) is 19.8 Å². The molecule has 0 saturated carbocycles. The summed E-state index contributed by atoms with van der Waals surface area (Å²) in [5.41, 5.74) is 0. The van der Waals surface area contributed by atoms with Gasteiger partial charge in [-0.3, -0.25) is 0 Å². The smallest absolute Gasteiger partial charge is 0.216 e. The number of rotatable bonds is 2. The highest BCUT2D eigenvalue weighted by atomic mass is 16.8. The molecule has 1 unspecified atom stereocenters. The molecule has 3 heteroatoms. The second kappa shape index (κ2) is 2.73. The monoisotopic (exact) mass is 156 g/mol. The molecule has 2 aliphatic heterocycles. The van der Waals surface area contributed by atoms with Crippen LogP contribution in [0.2, 0.25) is 0 Å². The highest BCUT2D eigenvalue weighted by Crippen LogP contribution is 2.32. The van der Waals surface area contributed by atoms with Crippen LogP contribution in [0.3, 0.4) is 0 Å². The van der Waals surface area contributed by atoms with Crippen LogP contribution in [-0.2, 0) is 14.2 Å². The van der Waals surface area contributed by atoms with E-state index < -0.39 is 0 Å². The van der Waals surface area contributed by atoms with Crippen LogP contribution in [0, 0.1) is 6.92 Å². The molecule has 0 N–H and O–H groups in total. The van der Waals surface area contributed by atoms with Gasteiger partial charge in [0, 0.05) is 0 Å². The standard InChI is InChI=1S/C8H12O3/c1-2-3-7-4-10-8(11-7)5-9-6-8/h1,7H,2-6H2. The molecule has 11 heavy (non-hydrogen) atoms. The van der Waals surface area contributed by atoms with Crippen LogP contribution in [0.5, 0.6) is 0 Å². The summed E-state index contributed by atoms with van der Waals surface area (Å²) in [5, 5.41) is 0. The molecule has 0 aliphatic carbocycles. The van der Waals surface area contributed by atoms with Crippen molar-refractivity contribution in [3.63, 3.8) is 0 Å². The number of ether oxygens (including phenoxy) is 3. The molecule has 0 aromatic heterocycles. The second-order valence-corrected chi connectivity index (χ2v) is 3.03. The van der Waals surface area contributed by atoms with E-state index in [1.807, 2.05) is 0 Å². The molecule has 0 bridgehead atoms. The van der Waals surface area contributed by atoms with Crippen LogP contribution in [0.15, 0.2) is 0 Å². The first-order valence-corrected chi connectivity index (χ1v) is 3.94. The minimum Gasteiger partial charge on any atom is -0.370 e. The zero-order valence-electron chi connectivity index (χ0n) is 6.41. The van der Waals surface area contributed by atoms with Crippen LogP contribution in [-0.4, -0.2) is 31.7 Å². The predicted octanol–water partition coefficient (Wildman–Crippen LogP) is 0.620. The maximum atomic E-state index is 5.60. The summed E-state index contributed by atoms with van der Waals surface area (Å²) in [6.45, 7) is 7.21. The fourth-order valence-corrected chi connectivity index (χ4v) is 1.36. The minimum atomic E-state index is -0.389.